The molecule has 1 aliphatic heterocycles. The zero-order valence-electron chi connectivity index (χ0n) is 10.3. The molecule has 1 aromatic carbocycles. The van der Waals surface area contributed by atoms with E-state index in [2.05, 4.69) is 11.8 Å². The Bertz CT molecular complexity index is 670. The monoisotopic (exact) mass is 299 g/mol. The largest absolute Gasteiger partial charge is 0.469 e. The molecule has 1 aromatic rings. The van der Waals surface area contributed by atoms with Crippen molar-refractivity contribution < 1.29 is 27.9 Å². The number of nitro groups is 1. The van der Waals surface area contributed by atoms with Crippen LogP contribution < -0.4 is 4.74 Å². The summed E-state index contributed by atoms with van der Waals surface area (Å²) < 4.78 is 43.0. The molecule has 8 heteroatoms. The van der Waals surface area contributed by atoms with Gasteiger partial charge in [-0.1, -0.05) is 11.8 Å². The maximum absolute atomic E-state index is 12.8. The van der Waals surface area contributed by atoms with Crippen LogP contribution in [0.3, 0.4) is 0 Å². The van der Waals surface area contributed by atoms with Crippen molar-refractivity contribution in [2.75, 3.05) is 6.61 Å². The van der Waals surface area contributed by atoms with E-state index in [0.717, 1.165) is 6.08 Å². The van der Waals surface area contributed by atoms with E-state index >= 15 is 0 Å². The molecule has 0 fully saturated rings. The highest BCUT2D eigenvalue weighted by molar-refractivity contribution is 5.64. The van der Waals surface area contributed by atoms with Gasteiger partial charge >= 0.3 is 6.18 Å². The quantitative estimate of drug-likeness (QED) is 0.489. The molecule has 2 rings (SSSR count). The van der Waals surface area contributed by atoms with Crippen LogP contribution in [0.15, 0.2) is 23.9 Å². The van der Waals surface area contributed by atoms with Gasteiger partial charge in [0.25, 0.3) is 11.8 Å². The average Bonchev–Trinajstić information content (AvgIpc) is 2.42. The summed E-state index contributed by atoms with van der Waals surface area (Å²) in [7, 11) is 0. The first-order chi connectivity index (χ1) is 9.82. The minimum Gasteiger partial charge on any atom is -0.469 e. The highest BCUT2D eigenvalue weighted by Gasteiger charge is 2.51. The van der Waals surface area contributed by atoms with Crippen LogP contribution in [-0.2, 0) is 0 Å². The fraction of sp³-hybridized carbons (Fsp3) is 0.231. The molecular formula is C13H8F3NO4. The van der Waals surface area contributed by atoms with Gasteiger partial charge in [-0.05, 0) is 18.2 Å². The van der Waals surface area contributed by atoms with E-state index in [0.29, 0.717) is 5.56 Å². The van der Waals surface area contributed by atoms with Crippen LogP contribution in [-0.4, -0.2) is 28.9 Å². The molecule has 1 heterocycles. The van der Waals surface area contributed by atoms with E-state index in [4.69, 9.17) is 9.84 Å². The Morgan fingerprint density at radius 2 is 2.14 bits per heavy atom. The zero-order chi connectivity index (χ0) is 15.6. The van der Waals surface area contributed by atoms with Crippen LogP contribution in [0.5, 0.6) is 5.75 Å². The SMILES string of the molecule is O=[N+]([O-])C1=Cc2cc(C#CCO)ccc2OC1C(F)(F)F. The van der Waals surface area contributed by atoms with Gasteiger partial charge in [0.1, 0.15) is 12.4 Å². The predicted molar refractivity (Wildman–Crippen MR) is 65.8 cm³/mol. The second kappa shape index (κ2) is 5.46. The van der Waals surface area contributed by atoms with Crippen molar-refractivity contribution in [1.82, 2.24) is 0 Å². The van der Waals surface area contributed by atoms with Crippen LogP contribution in [0, 0.1) is 22.0 Å². The summed E-state index contributed by atoms with van der Waals surface area (Å²) in [5.74, 6) is 4.81. The molecule has 0 aliphatic carbocycles. The summed E-state index contributed by atoms with van der Waals surface area (Å²) in [5, 5.41) is 19.4. The lowest BCUT2D eigenvalue weighted by Gasteiger charge is -2.24. The van der Waals surface area contributed by atoms with E-state index in [1.807, 2.05) is 0 Å². The van der Waals surface area contributed by atoms with Gasteiger partial charge in [-0.15, -0.1) is 0 Å². The van der Waals surface area contributed by atoms with Crippen molar-refractivity contribution in [3.8, 4) is 17.6 Å². The van der Waals surface area contributed by atoms with Crippen LogP contribution >= 0.6 is 0 Å². The molecule has 5 nitrogen and oxygen atoms in total. The van der Waals surface area contributed by atoms with Gasteiger partial charge in [0.15, 0.2) is 0 Å². The van der Waals surface area contributed by atoms with Gasteiger partial charge in [-0.25, -0.2) is 0 Å². The average molecular weight is 299 g/mol. The van der Waals surface area contributed by atoms with Gasteiger partial charge in [0.05, 0.1) is 4.92 Å². The molecule has 0 bridgehead atoms. The fourth-order valence-corrected chi connectivity index (χ4v) is 1.79. The molecule has 21 heavy (non-hydrogen) atoms. The first-order valence-corrected chi connectivity index (χ1v) is 5.66. The Hall–Kier alpha value is -2.53. The molecule has 0 aromatic heterocycles. The smallest absolute Gasteiger partial charge is 0.436 e. The summed E-state index contributed by atoms with van der Waals surface area (Å²) >= 11 is 0. The molecule has 0 saturated heterocycles. The van der Waals surface area contributed by atoms with Gasteiger partial charge in [0, 0.05) is 17.2 Å². The van der Waals surface area contributed by atoms with Crippen LogP contribution in [0.2, 0.25) is 0 Å². The summed E-state index contributed by atoms with van der Waals surface area (Å²) in [5.41, 5.74) is -0.551. The van der Waals surface area contributed by atoms with Crippen LogP contribution in [0.1, 0.15) is 11.1 Å². The van der Waals surface area contributed by atoms with Gasteiger partial charge in [0.2, 0.25) is 0 Å². The second-order valence-corrected chi connectivity index (χ2v) is 4.08. The van der Waals surface area contributed by atoms with Crippen LogP contribution in [0.4, 0.5) is 13.2 Å². The summed E-state index contributed by atoms with van der Waals surface area (Å²) in [4.78, 5) is 9.66. The fourth-order valence-electron chi connectivity index (χ4n) is 1.79. The van der Waals surface area contributed by atoms with Crippen molar-refractivity contribution in [3.05, 3.63) is 45.1 Å². The number of halogens is 3. The number of aliphatic hydroxyl groups is 1. The Kier molecular flexibility index (Phi) is 3.86. The lowest BCUT2D eigenvalue weighted by atomic mass is 10.0. The first-order valence-electron chi connectivity index (χ1n) is 5.66. The Morgan fingerprint density at radius 3 is 2.71 bits per heavy atom. The van der Waals surface area contributed by atoms with Crippen molar-refractivity contribution in [1.29, 1.82) is 0 Å². The lowest BCUT2D eigenvalue weighted by Crippen LogP contribution is -2.40. The van der Waals surface area contributed by atoms with Crippen LogP contribution in [0.25, 0.3) is 6.08 Å². The van der Waals surface area contributed by atoms with E-state index in [9.17, 15) is 23.3 Å². The first kappa shape index (κ1) is 14.9. The summed E-state index contributed by atoms with van der Waals surface area (Å²) in [6.07, 6.45) is -6.66. The number of benzene rings is 1. The third kappa shape index (κ3) is 3.14. The minimum absolute atomic E-state index is 0.113. The Morgan fingerprint density at radius 1 is 1.43 bits per heavy atom. The van der Waals surface area contributed by atoms with Crippen molar-refractivity contribution in [3.63, 3.8) is 0 Å². The number of ether oxygens (including phenoxy) is 1. The van der Waals surface area contributed by atoms with E-state index in [1.54, 1.807) is 0 Å². The molecule has 1 N–H and O–H groups in total. The third-order valence-electron chi connectivity index (χ3n) is 2.65. The summed E-state index contributed by atoms with van der Waals surface area (Å²) in [6, 6.07) is 4.01. The normalized spacial score (nSPS) is 17.0. The maximum Gasteiger partial charge on any atom is 0.436 e. The second-order valence-electron chi connectivity index (χ2n) is 4.08. The Labute approximate surface area is 116 Å². The molecule has 0 spiro atoms. The van der Waals surface area contributed by atoms with Gasteiger partial charge < -0.3 is 9.84 Å². The maximum atomic E-state index is 12.8. The van der Waals surface area contributed by atoms with Gasteiger partial charge in [-0.3, -0.25) is 10.1 Å². The molecule has 0 radical (unpaired) electrons. The molecule has 110 valence electrons. The van der Waals surface area contributed by atoms with Gasteiger partial charge in [-0.2, -0.15) is 13.2 Å². The number of aliphatic hydroxyl groups excluding tert-OH is 1. The Balaban J connectivity index is 2.48. The molecule has 1 atom stereocenters. The van der Waals surface area contributed by atoms with Crippen molar-refractivity contribution in [2.24, 2.45) is 0 Å². The van der Waals surface area contributed by atoms with Crippen molar-refractivity contribution >= 4 is 6.08 Å². The van der Waals surface area contributed by atoms with E-state index in [1.165, 1.54) is 18.2 Å². The molecular weight excluding hydrogens is 291 g/mol. The van der Waals surface area contributed by atoms with Crippen molar-refractivity contribution in [2.45, 2.75) is 12.3 Å². The standard InChI is InChI=1S/C13H8F3NO4/c14-13(15,16)12-10(17(19)20)7-9-6-8(2-1-5-18)3-4-11(9)21-12/h3-4,6-7,12,18H,5H2. The lowest BCUT2D eigenvalue weighted by molar-refractivity contribution is -0.443. The third-order valence-corrected chi connectivity index (χ3v) is 2.65. The van der Waals surface area contributed by atoms with E-state index < -0.39 is 22.9 Å². The van der Waals surface area contributed by atoms with E-state index in [-0.39, 0.29) is 17.9 Å². The highest BCUT2D eigenvalue weighted by atomic mass is 19.4. The zero-order valence-corrected chi connectivity index (χ0v) is 10.3. The highest BCUT2D eigenvalue weighted by Crippen LogP contribution is 2.37. The number of rotatable bonds is 1. The molecule has 1 aliphatic rings. The number of hydrogen-bond donors (Lipinski definition) is 1. The number of alkyl halides is 3. The minimum atomic E-state index is -4.88. The summed E-state index contributed by atoms with van der Waals surface area (Å²) in [6.45, 7) is -0.375. The number of fused-ring (bicyclic) bond motifs is 1. The number of hydrogen-bond acceptors (Lipinski definition) is 4. The predicted octanol–water partition coefficient (Wildman–Crippen LogP) is 1.97. The molecule has 0 amide bonds. The molecule has 0 saturated carbocycles. The topological polar surface area (TPSA) is 72.6 Å². The number of nitrogens with zero attached hydrogens (tertiary/aromatic N) is 1. The molecule has 1 unspecified atom stereocenters.